The van der Waals surface area contributed by atoms with Crippen molar-refractivity contribution in [3.05, 3.63) is 23.8 Å². The number of guanidine groups is 2. The summed E-state index contributed by atoms with van der Waals surface area (Å²) in [5, 5.41) is 3.93. The summed E-state index contributed by atoms with van der Waals surface area (Å²) in [5.74, 6) is -0.940. The molecule has 0 heterocycles. The Bertz CT molecular complexity index is 687. The molecule has 0 radical (unpaired) electrons. The molecule has 6 nitrogen and oxygen atoms in total. The molecule has 0 aliphatic carbocycles. The summed E-state index contributed by atoms with van der Waals surface area (Å²) in [4.78, 5) is 6.34. The largest absolute Gasteiger partial charge is 0.464 e. The third-order valence-corrected chi connectivity index (χ3v) is 3.21. The van der Waals surface area contributed by atoms with Crippen LogP contribution >= 0.6 is 11.8 Å². The maximum Gasteiger partial charge on any atom is 0.464 e. The van der Waals surface area contributed by atoms with Crippen LogP contribution in [0.15, 0.2) is 33.1 Å². The van der Waals surface area contributed by atoms with Gasteiger partial charge >= 0.3 is 11.4 Å². The molecule has 23 heavy (non-hydrogen) atoms. The highest BCUT2D eigenvalue weighted by Crippen LogP contribution is 2.49. The highest BCUT2D eigenvalue weighted by atomic mass is 32.2. The Kier molecular flexibility index (Phi) is 5.38. The zero-order chi connectivity index (χ0) is 17.8. The third kappa shape index (κ3) is 4.71. The van der Waals surface area contributed by atoms with Crippen LogP contribution in [0.4, 0.5) is 27.6 Å². The van der Waals surface area contributed by atoms with E-state index in [1.807, 2.05) is 0 Å². The minimum atomic E-state index is -5.78. The number of thioether (sulfide) groups is 1. The van der Waals surface area contributed by atoms with Crippen molar-refractivity contribution < 1.29 is 22.0 Å². The fourth-order valence-corrected chi connectivity index (χ4v) is 2.08. The van der Waals surface area contributed by atoms with Crippen LogP contribution in [0.5, 0.6) is 0 Å². The van der Waals surface area contributed by atoms with Crippen molar-refractivity contribution in [2.45, 2.75) is 16.3 Å². The average molecular weight is 352 g/mol. The first kappa shape index (κ1) is 18.5. The molecule has 1 aromatic carbocycles. The van der Waals surface area contributed by atoms with Crippen molar-refractivity contribution in [1.29, 1.82) is 5.26 Å². The van der Waals surface area contributed by atoms with Gasteiger partial charge in [0.1, 0.15) is 6.07 Å². The van der Waals surface area contributed by atoms with Crippen LogP contribution in [0.1, 0.15) is 5.56 Å². The average Bonchev–Trinajstić information content (AvgIpc) is 2.36. The fourth-order valence-electron chi connectivity index (χ4n) is 1.29. The number of benzene rings is 1. The number of halogens is 5. The molecule has 0 bridgehead atoms. The third-order valence-electron chi connectivity index (χ3n) is 2.16. The molecule has 1 rings (SSSR count). The first-order valence-corrected chi connectivity index (χ1v) is 6.40. The van der Waals surface area contributed by atoms with Crippen molar-refractivity contribution in [3.8, 4) is 6.07 Å². The summed E-state index contributed by atoms with van der Waals surface area (Å²) in [6.07, 6.45) is -5.78. The Labute approximate surface area is 130 Å². The van der Waals surface area contributed by atoms with Crippen LogP contribution in [0, 0.1) is 11.3 Å². The molecule has 1 aromatic rings. The van der Waals surface area contributed by atoms with Gasteiger partial charge in [0.25, 0.3) is 0 Å². The van der Waals surface area contributed by atoms with Crippen LogP contribution in [-0.4, -0.2) is 23.3 Å². The van der Waals surface area contributed by atoms with Gasteiger partial charge in [0.05, 0.1) is 11.3 Å². The summed E-state index contributed by atoms with van der Waals surface area (Å²) in [6, 6.07) is 4.75. The van der Waals surface area contributed by atoms with Crippen LogP contribution < -0.4 is 17.2 Å². The van der Waals surface area contributed by atoms with Crippen LogP contribution in [-0.2, 0) is 0 Å². The molecule has 0 aliphatic heterocycles. The molecule has 6 N–H and O–H groups in total. The topological polar surface area (TPSA) is 127 Å². The van der Waals surface area contributed by atoms with Crippen LogP contribution in [0.25, 0.3) is 0 Å². The molecule has 12 heteroatoms. The fraction of sp³-hybridized carbons (Fsp3) is 0.182. The quantitative estimate of drug-likeness (QED) is 0.332. The number of nitriles is 1. The van der Waals surface area contributed by atoms with Crippen molar-refractivity contribution >= 4 is 29.4 Å². The number of hydrogen-bond acceptors (Lipinski definition) is 3. The SMILES string of the molecule is N#Cc1c(N=C(N)N=C(N)N)cccc1SC(F)(F)C(F)(F)F. The standard InChI is InChI=1S/C11H9F5N6S/c12-10(13,14)11(15,16)23-7-3-1-2-6(5(7)4-17)21-9(20)22-8(18)19/h1-3H,(H6,18,19,20,21,22). The molecular formula is C11H9F5N6S. The lowest BCUT2D eigenvalue weighted by Crippen LogP contribution is -2.32. The van der Waals surface area contributed by atoms with Crippen molar-refractivity contribution in [2.75, 3.05) is 0 Å². The number of nitrogens with two attached hydrogens (primary N) is 3. The molecule has 0 atom stereocenters. The van der Waals surface area contributed by atoms with Gasteiger partial charge in [-0.3, -0.25) is 0 Å². The second-order valence-corrected chi connectivity index (χ2v) is 5.04. The molecule has 124 valence electrons. The number of nitrogens with zero attached hydrogens (tertiary/aromatic N) is 3. The molecule has 0 aromatic heterocycles. The molecule has 0 amide bonds. The number of rotatable bonds is 3. The molecule has 0 saturated carbocycles. The number of aliphatic imine (C=N–C) groups is 2. The second kappa shape index (κ2) is 6.69. The molecule has 0 spiro atoms. The predicted octanol–water partition coefficient (Wildman–Crippen LogP) is 2.03. The van der Waals surface area contributed by atoms with Gasteiger partial charge in [-0.05, 0) is 23.9 Å². The molecule has 0 unspecified atom stereocenters. The lowest BCUT2D eigenvalue weighted by molar-refractivity contribution is -0.237. The van der Waals surface area contributed by atoms with E-state index in [1.54, 1.807) is 0 Å². The Morgan fingerprint density at radius 3 is 2.22 bits per heavy atom. The monoisotopic (exact) mass is 352 g/mol. The number of alkyl halides is 5. The van der Waals surface area contributed by atoms with Gasteiger partial charge in [-0.15, -0.1) is 0 Å². The first-order valence-electron chi connectivity index (χ1n) is 5.58. The minimum Gasteiger partial charge on any atom is -0.370 e. The van der Waals surface area contributed by atoms with E-state index in [4.69, 9.17) is 22.5 Å². The van der Waals surface area contributed by atoms with Crippen molar-refractivity contribution in [3.63, 3.8) is 0 Å². The summed E-state index contributed by atoms with van der Waals surface area (Å²) in [5.41, 5.74) is 14.7. The van der Waals surface area contributed by atoms with E-state index in [1.165, 1.54) is 12.1 Å². The Balaban J connectivity index is 3.32. The lowest BCUT2D eigenvalue weighted by atomic mass is 10.2. The van der Waals surface area contributed by atoms with Crippen molar-refractivity contribution in [2.24, 2.45) is 27.2 Å². The van der Waals surface area contributed by atoms with E-state index in [9.17, 15) is 22.0 Å². The maximum atomic E-state index is 13.1. The van der Waals surface area contributed by atoms with Crippen LogP contribution in [0.2, 0.25) is 0 Å². The predicted molar refractivity (Wildman–Crippen MR) is 75.1 cm³/mol. The van der Waals surface area contributed by atoms with E-state index >= 15 is 0 Å². The molecule has 0 fully saturated rings. The van der Waals surface area contributed by atoms with Gasteiger partial charge in [0.15, 0.2) is 5.96 Å². The minimum absolute atomic E-state index is 0.252. The normalized spacial score (nSPS) is 12.6. The van der Waals surface area contributed by atoms with E-state index in [0.29, 0.717) is 0 Å². The van der Waals surface area contributed by atoms with Crippen molar-refractivity contribution in [1.82, 2.24) is 0 Å². The highest BCUT2D eigenvalue weighted by molar-refractivity contribution is 8.00. The molecule has 0 aliphatic rings. The van der Waals surface area contributed by atoms with Gasteiger partial charge in [-0.25, -0.2) is 4.99 Å². The van der Waals surface area contributed by atoms with Crippen LogP contribution in [0.3, 0.4) is 0 Å². The molecular weight excluding hydrogens is 343 g/mol. The van der Waals surface area contributed by atoms with E-state index < -0.39 is 45.6 Å². The lowest BCUT2D eigenvalue weighted by Gasteiger charge is -2.19. The van der Waals surface area contributed by atoms with E-state index in [-0.39, 0.29) is 5.69 Å². The second-order valence-electron chi connectivity index (χ2n) is 3.89. The summed E-state index contributed by atoms with van der Waals surface area (Å²) in [6.45, 7) is 0. The number of hydrogen-bond donors (Lipinski definition) is 3. The van der Waals surface area contributed by atoms with E-state index in [2.05, 4.69) is 9.98 Å². The Hall–Kier alpha value is -2.55. The van der Waals surface area contributed by atoms with E-state index in [0.717, 1.165) is 12.1 Å². The van der Waals surface area contributed by atoms with Gasteiger partial charge in [-0.1, -0.05) is 6.07 Å². The molecule has 0 saturated heterocycles. The van der Waals surface area contributed by atoms with Gasteiger partial charge in [0.2, 0.25) is 5.96 Å². The smallest absolute Gasteiger partial charge is 0.370 e. The zero-order valence-electron chi connectivity index (χ0n) is 11.1. The Morgan fingerprint density at radius 2 is 1.74 bits per heavy atom. The van der Waals surface area contributed by atoms with Gasteiger partial charge in [-0.2, -0.15) is 32.2 Å². The maximum absolute atomic E-state index is 13.1. The summed E-state index contributed by atoms with van der Waals surface area (Å²) >= 11 is -0.817. The van der Waals surface area contributed by atoms with Gasteiger partial charge in [0, 0.05) is 4.90 Å². The summed E-state index contributed by atoms with van der Waals surface area (Å²) in [7, 11) is 0. The highest BCUT2D eigenvalue weighted by Gasteiger charge is 2.58. The summed E-state index contributed by atoms with van der Waals surface area (Å²) < 4.78 is 63.0. The Morgan fingerprint density at radius 1 is 1.13 bits per heavy atom. The first-order chi connectivity index (χ1) is 10.5. The zero-order valence-corrected chi connectivity index (χ0v) is 11.9. The van der Waals surface area contributed by atoms with Gasteiger partial charge < -0.3 is 17.2 Å².